The quantitative estimate of drug-likeness (QED) is 0.173. The first-order valence-electron chi connectivity index (χ1n) is 17.5. The van der Waals surface area contributed by atoms with Gasteiger partial charge in [-0.15, -0.1) is 0 Å². The Kier molecular flexibility index (Phi) is 5.55. The highest BCUT2D eigenvalue weighted by Gasteiger charge is 2.37. The van der Waals surface area contributed by atoms with Crippen molar-refractivity contribution in [1.29, 1.82) is 5.26 Å². The van der Waals surface area contributed by atoms with Crippen molar-refractivity contribution in [2.45, 2.75) is 25.7 Å². The summed E-state index contributed by atoms with van der Waals surface area (Å²) in [6.45, 7) is 12.3. The van der Waals surface area contributed by atoms with Crippen LogP contribution in [0.3, 0.4) is 0 Å². The van der Waals surface area contributed by atoms with Gasteiger partial charge in [-0.3, -0.25) is 0 Å². The van der Waals surface area contributed by atoms with E-state index in [9.17, 15) is 5.26 Å². The number of furan rings is 1. The van der Waals surface area contributed by atoms with Gasteiger partial charge in [-0.2, -0.15) is 5.26 Å². The van der Waals surface area contributed by atoms with Gasteiger partial charge >= 0.3 is 0 Å². The maximum Gasteiger partial charge on any atom is 0.188 e. The average Bonchev–Trinajstić information content (AvgIpc) is 3.89. The Morgan fingerprint density at radius 2 is 1.52 bits per heavy atom. The average molecular weight is 665 g/mol. The molecular weight excluding hydrogens is 637 g/mol. The Bertz CT molecular complexity index is 3290. The largest absolute Gasteiger partial charge is 0.456 e. The standard InChI is InChI=1S/C47H28N4O/c1-47(2)37-10-6-4-8-31(37)45-38(47)16-19-42-46(45)32-9-5-7-11-39(32)51(42)30-15-21-44-36(25-30)35-24-29(14-20-43(35)52-44)50-40-17-12-27(26-48)22-33(40)34-23-28(49-3)13-18-41(34)50/h4-14,16-24H,15H2,1-2H3. The van der Waals surface area contributed by atoms with Crippen LogP contribution in [0.15, 0.2) is 120 Å². The molecule has 2 aliphatic carbocycles. The van der Waals surface area contributed by atoms with E-state index in [4.69, 9.17) is 11.0 Å². The molecule has 0 atom stereocenters. The minimum absolute atomic E-state index is 0.0801. The molecule has 242 valence electrons. The molecular formula is C47H28N4O. The van der Waals surface area contributed by atoms with Gasteiger partial charge in [0, 0.05) is 39.1 Å². The van der Waals surface area contributed by atoms with Crippen LogP contribution in [0.4, 0.5) is 5.69 Å². The van der Waals surface area contributed by atoms with Crippen LogP contribution in [0.25, 0.3) is 93.7 Å². The molecule has 5 heteroatoms. The van der Waals surface area contributed by atoms with Crippen molar-refractivity contribution in [2.24, 2.45) is 0 Å². The molecule has 0 fully saturated rings. The molecule has 2 aliphatic rings. The second-order valence-corrected chi connectivity index (χ2v) is 14.4. The summed E-state index contributed by atoms with van der Waals surface area (Å²) in [5.74, 6) is 0. The number of hydrogen-bond acceptors (Lipinski definition) is 2. The Hall–Kier alpha value is -7.04. The summed E-state index contributed by atoms with van der Waals surface area (Å²) in [5, 5.41) is 16.0. The van der Waals surface area contributed by atoms with E-state index in [2.05, 4.69) is 118 Å². The van der Waals surface area contributed by atoms with Gasteiger partial charge in [-0.05, 0) is 94.4 Å². The van der Waals surface area contributed by atoms with Gasteiger partial charge in [0.2, 0.25) is 0 Å². The fraction of sp³-hybridized carbons (Fsp3) is 0.0851. The van der Waals surface area contributed by atoms with Crippen molar-refractivity contribution in [3.8, 4) is 22.9 Å². The molecule has 0 spiro atoms. The van der Waals surface area contributed by atoms with E-state index in [1.807, 2.05) is 42.5 Å². The number of nitriles is 1. The van der Waals surface area contributed by atoms with E-state index < -0.39 is 0 Å². The summed E-state index contributed by atoms with van der Waals surface area (Å²) in [6, 6.07) is 42.4. The molecule has 3 heterocycles. The summed E-state index contributed by atoms with van der Waals surface area (Å²) >= 11 is 0. The summed E-state index contributed by atoms with van der Waals surface area (Å²) in [6.07, 6.45) is 2.87. The first kappa shape index (κ1) is 28.8. The summed E-state index contributed by atoms with van der Waals surface area (Å²) < 4.78 is 11.1. The number of allylic oxidation sites excluding steroid dienone is 1. The summed E-state index contributed by atoms with van der Waals surface area (Å²) in [7, 11) is 0. The monoisotopic (exact) mass is 664 g/mol. The predicted molar refractivity (Wildman–Crippen MR) is 210 cm³/mol. The highest BCUT2D eigenvalue weighted by atomic mass is 16.3. The molecule has 0 saturated heterocycles. The van der Waals surface area contributed by atoms with Gasteiger partial charge in [0.05, 0.1) is 51.2 Å². The number of aromatic nitrogens is 2. The van der Waals surface area contributed by atoms with E-state index in [1.54, 1.807) is 0 Å². The van der Waals surface area contributed by atoms with Crippen LogP contribution >= 0.6 is 0 Å². The number of benzene rings is 6. The normalized spacial score (nSPS) is 14.1. The number of nitrogens with zero attached hydrogens (tertiary/aromatic N) is 4. The third-order valence-corrected chi connectivity index (χ3v) is 11.4. The molecule has 5 nitrogen and oxygen atoms in total. The molecule has 52 heavy (non-hydrogen) atoms. The maximum atomic E-state index is 9.68. The number of hydrogen-bond donors (Lipinski definition) is 0. The van der Waals surface area contributed by atoms with Crippen molar-refractivity contribution in [3.63, 3.8) is 0 Å². The lowest BCUT2D eigenvalue weighted by atomic mass is 9.82. The zero-order valence-electron chi connectivity index (χ0n) is 28.5. The Morgan fingerprint density at radius 1 is 0.750 bits per heavy atom. The zero-order chi connectivity index (χ0) is 34.9. The fourth-order valence-corrected chi connectivity index (χ4v) is 9.02. The van der Waals surface area contributed by atoms with Crippen LogP contribution in [0.1, 0.15) is 37.0 Å². The third-order valence-electron chi connectivity index (χ3n) is 11.4. The molecule has 11 rings (SSSR count). The first-order valence-corrected chi connectivity index (χ1v) is 17.5. The van der Waals surface area contributed by atoms with Gasteiger partial charge in [0.1, 0.15) is 11.0 Å². The van der Waals surface area contributed by atoms with Gasteiger partial charge in [0.25, 0.3) is 0 Å². The molecule has 0 N–H and O–H groups in total. The SMILES string of the molecule is [C-]#[N+]c1ccc2c(c1)c1cc(C#N)ccc1n2-c1ccc2oc3c(c2c1)=C=C(n1c2ccccc2c2c4c(ccc21)C(C)(C)c1ccccc1-4)CC=3. The molecule has 0 amide bonds. The molecule has 0 unspecified atom stereocenters. The molecule has 6 aromatic carbocycles. The third kappa shape index (κ3) is 3.65. The Labute approximate surface area is 298 Å². The molecule has 0 bridgehead atoms. The van der Waals surface area contributed by atoms with Gasteiger partial charge < -0.3 is 13.6 Å². The van der Waals surface area contributed by atoms with E-state index in [-0.39, 0.29) is 5.41 Å². The number of fused-ring (bicyclic) bond motifs is 13. The van der Waals surface area contributed by atoms with Crippen LogP contribution in [0.2, 0.25) is 0 Å². The number of rotatable bonds is 2. The Morgan fingerprint density at radius 3 is 2.38 bits per heavy atom. The van der Waals surface area contributed by atoms with Gasteiger partial charge in [-0.25, -0.2) is 4.85 Å². The van der Waals surface area contributed by atoms with Gasteiger partial charge in [-0.1, -0.05) is 74.2 Å². The van der Waals surface area contributed by atoms with Crippen LogP contribution in [0.5, 0.6) is 0 Å². The lowest BCUT2D eigenvalue weighted by Crippen LogP contribution is -2.22. The fourth-order valence-electron chi connectivity index (χ4n) is 9.02. The predicted octanol–water partition coefficient (Wildman–Crippen LogP) is 10.5. The topological polar surface area (TPSA) is 51.1 Å². The lowest BCUT2D eigenvalue weighted by Gasteiger charge is -2.21. The zero-order valence-corrected chi connectivity index (χ0v) is 28.5. The second-order valence-electron chi connectivity index (χ2n) is 14.4. The molecule has 0 saturated carbocycles. The maximum absolute atomic E-state index is 9.68. The van der Waals surface area contributed by atoms with E-state index in [0.29, 0.717) is 17.7 Å². The van der Waals surface area contributed by atoms with Crippen molar-refractivity contribution < 1.29 is 4.42 Å². The van der Waals surface area contributed by atoms with E-state index in [1.165, 1.54) is 44.1 Å². The van der Waals surface area contributed by atoms with Crippen molar-refractivity contribution in [1.82, 2.24) is 9.13 Å². The summed E-state index contributed by atoms with van der Waals surface area (Å²) in [4.78, 5) is 3.68. The number of para-hydroxylation sites is 1. The van der Waals surface area contributed by atoms with Crippen LogP contribution < -0.4 is 10.6 Å². The first-order chi connectivity index (χ1) is 25.4. The van der Waals surface area contributed by atoms with E-state index in [0.717, 1.165) is 54.8 Å². The highest BCUT2D eigenvalue weighted by molar-refractivity contribution is 6.18. The van der Waals surface area contributed by atoms with Crippen molar-refractivity contribution in [3.05, 3.63) is 154 Å². The lowest BCUT2D eigenvalue weighted by molar-refractivity contribution is 0.574. The smallest absolute Gasteiger partial charge is 0.188 e. The van der Waals surface area contributed by atoms with Crippen LogP contribution in [-0.4, -0.2) is 9.13 Å². The highest BCUT2D eigenvalue weighted by Crippen LogP contribution is 2.53. The molecule has 0 radical (unpaired) electrons. The van der Waals surface area contributed by atoms with Gasteiger partial charge in [0.15, 0.2) is 5.69 Å². The minimum Gasteiger partial charge on any atom is -0.456 e. The summed E-state index contributed by atoms with van der Waals surface area (Å²) in [5.41, 5.74) is 18.3. The van der Waals surface area contributed by atoms with Crippen LogP contribution in [0, 0.1) is 17.9 Å². The minimum atomic E-state index is -0.0801. The van der Waals surface area contributed by atoms with Crippen LogP contribution in [-0.2, 0) is 5.41 Å². The van der Waals surface area contributed by atoms with Crippen molar-refractivity contribution in [2.75, 3.05) is 0 Å². The Balaban J connectivity index is 1.19. The molecule has 3 aromatic heterocycles. The molecule has 9 aromatic rings. The van der Waals surface area contributed by atoms with Crippen molar-refractivity contribution >= 4 is 77.8 Å². The molecule has 0 aliphatic heterocycles. The second kappa shape index (κ2) is 10.0. The van der Waals surface area contributed by atoms with E-state index >= 15 is 0 Å².